The zero-order valence-corrected chi connectivity index (χ0v) is 6.86. The summed E-state index contributed by atoms with van der Waals surface area (Å²) in [6, 6.07) is 8.16. The van der Waals surface area contributed by atoms with Crippen molar-refractivity contribution in [1.29, 1.82) is 0 Å². The van der Waals surface area contributed by atoms with Gasteiger partial charge in [0.05, 0.1) is 5.88 Å². The summed E-state index contributed by atoms with van der Waals surface area (Å²) in [7, 11) is 0. The molecule has 1 nitrogen and oxygen atoms in total. The molecule has 0 bridgehead atoms. The largest absolute Gasteiger partial charge is 0.376 e. The van der Waals surface area contributed by atoms with Gasteiger partial charge in [-0.1, -0.05) is 18.2 Å². The minimum Gasteiger partial charge on any atom is -0.376 e. The predicted octanol–water partition coefficient (Wildman–Crippen LogP) is 2.29. The summed E-state index contributed by atoms with van der Waals surface area (Å²) in [6.07, 6.45) is 0. The van der Waals surface area contributed by atoms with Gasteiger partial charge in [-0.3, -0.25) is 0 Å². The molecule has 0 amide bonds. The third-order valence-corrected chi connectivity index (χ3v) is 1.57. The van der Waals surface area contributed by atoms with Gasteiger partial charge in [-0.2, -0.15) is 12.6 Å². The van der Waals surface area contributed by atoms with Crippen LogP contribution in [0.5, 0.6) is 0 Å². The Balaban J connectivity index is 2.81. The van der Waals surface area contributed by atoms with E-state index < -0.39 is 0 Å². The number of nitrogens with one attached hydrogen (secondary N) is 1. The molecule has 0 spiro atoms. The van der Waals surface area contributed by atoms with E-state index in [2.05, 4.69) is 30.9 Å². The maximum atomic E-state index is 4.07. The van der Waals surface area contributed by atoms with Crippen molar-refractivity contribution >= 4 is 18.3 Å². The fraction of sp³-hybridized carbons (Fsp3) is 0.250. The highest BCUT2D eigenvalue weighted by atomic mass is 32.1. The first-order valence-corrected chi connectivity index (χ1v) is 3.88. The van der Waals surface area contributed by atoms with Crippen molar-refractivity contribution in [1.82, 2.24) is 0 Å². The molecule has 0 saturated carbocycles. The Morgan fingerprint density at radius 2 is 2.10 bits per heavy atom. The molecule has 0 aliphatic carbocycles. The van der Waals surface area contributed by atoms with Gasteiger partial charge >= 0.3 is 0 Å². The van der Waals surface area contributed by atoms with Crippen LogP contribution in [0.4, 0.5) is 5.69 Å². The van der Waals surface area contributed by atoms with E-state index in [9.17, 15) is 0 Å². The quantitative estimate of drug-likeness (QED) is 0.490. The number of hydrogen-bond donors (Lipinski definition) is 2. The predicted molar refractivity (Wildman–Crippen MR) is 48.7 cm³/mol. The van der Waals surface area contributed by atoms with Gasteiger partial charge in [0.25, 0.3) is 0 Å². The molecule has 1 rings (SSSR count). The zero-order chi connectivity index (χ0) is 7.40. The van der Waals surface area contributed by atoms with Gasteiger partial charge in [-0.05, 0) is 18.6 Å². The molecule has 54 valence electrons. The van der Waals surface area contributed by atoms with Crippen molar-refractivity contribution in [3.05, 3.63) is 29.8 Å². The fourth-order valence-corrected chi connectivity index (χ4v) is 1.03. The van der Waals surface area contributed by atoms with E-state index in [1.807, 2.05) is 18.2 Å². The molecular weight excluding hydrogens is 142 g/mol. The van der Waals surface area contributed by atoms with Crippen molar-refractivity contribution in [3.63, 3.8) is 0 Å². The molecule has 0 aliphatic rings. The van der Waals surface area contributed by atoms with Gasteiger partial charge in [-0.15, -0.1) is 0 Å². The van der Waals surface area contributed by atoms with Crippen LogP contribution in [0.15, 0.2) is 24.3 Å². The highest BCUT2D eigenvalue weighted by molar-refractivity contribution is 7.80. The molecule has 0 aromatic heterocycles. The summed E-state index contributed by atoms with van der Waals surface area (Å²) in [5.41, 5.74) is 2.43. The van der Waals surface area contributed by atoms with E-state index in [1.54, 1.807) is 0 Å². The summed E-state index contributed by atoms with van der Waals surface area (Å²) in [5, 5.41) is 3.14. The van der Waals surface area contributed by atoms with Crippen LogP contribution >= 0.6 is 12.6 Å². The van der Waals surface area contributed by atoms with Crippen molar-refractivity contribution in [2.75, 3.05) is 11.2 Å². The molecule has 0 saturated heterocycles. The third kappa shape index (κ3) is 1.67. The summed E-state index contributed by atoms with van der Waals surface area (Å²) in [5.74, 6) is 0.685. The standard InChI is InChI=1S/C8H11NS/c1-7-4-2-3-5-8(7)9-6-10/h2-5,9-10H,6H2,1H3. The lowest BCUT2D eigenvalue weighted by atomic mass is 10.2. The topological polar surface area (TPSA) is 12.0 Å². The Morgan fingerprint density at radius 3 is 2.70 bits per heavy atom. The van der Waals surface area contributed by atoms with Gasteiger partial charge in [0, 0.05) is 5.69 Å². The lowest BCUT2D eigenvalue weighted by molar-refractivity contribution is 1.39. The van der Waals surface area contributed by atoms with Gasteiger partial charge in [0.2, 0.25) is 0 Å². The summed E-state index contributed by atoms with van der Waals surface area (Å²) >= 11 is 4.07. The molecule has 10 heavy (non-hydrogen) atoms. The van der Waals surface area contributed by atoms with Crippen molar-refractivity contribution in [2.24, 2.45) is 0 Å². The average molecular weight is 153 g/mol. The zero-order valence-electron chi connectivity index (χ0n) is 5.96. The van der Waals surface area contributed by atoms with Gasteiger partial charge in [0.15, 0.2) is 0 Å². The molecule has 0 unspecified atom stereocenters. The minimum absolute atomic E-state index is 0.685. The van der Waals surface area contributed by atoms with E-state index in [1.165, 1.54) is 5.56 Å². The highest BCUT2D eigenvalue weighted by Gasteiger charge is 1.90. The Morgan fingerprint density at radius 1 is 1.40 bits per heavy atom. The second kappa shape index (κ2) is 3.52. The maximum absolute atomic E-state index is 4.07. The third-order valence-electron chi connectivity index (χ3n) is 1.41. The SMILES string of the molecule is Cc1ccccc1NCS. The number of rotatable bonds is 2. The molecule has 1 aromatic rings. The first-order chi connectivity index (χ1) is 4.84. The van der Waals surface area contributed by atoms with E-state index >= 15 is 0 Å². The lowest BCUT2D eigenvalue weighted by Gasteiger charge is -2.04. The van der Waals surface area contributed by atoms with Crippen LogP contribution in [0.1, 0.15) is 5.56 Å². The molecule has 1 N–H and O–H groups in total. The molecule has 0 atom stereocenters. The van der Waals surface area contributed by atoms with Crippen LogP contribution < -0.4 is 5.32 Å². The number of benzene rings is 1. The molecule has 0 heterocycles. The monoisotopic (exact) mass is 153 g/mol. The van der Waals surface area contributed by atoms with Crippen LogP contribution in [-0.4, -0.2) is 5.88 Å². The second-order valence-electron chi connectivity index (χ2n) is 2.15. The van der Waals surface area contributed by atoms with E-state index in [0.717, 1.165) is 5.69 Å². The Bertz CT molecular complexity index is 210. The molecular formula is C8H11NS. The van der Waals surface area contributed by atoms with Crippen LogP contribution in [-0.2, 0) is 0 Å². The molecule has 0 fully saturated rings. The first-order valence-electron chi connectivity index (χ1n) is 3.25. The molecule has 0 aliphatic heterocycles. The number of thiol groups is 1. The van der Waals surface area contributed by atoms with Gasteiger partial charge in [-0.25, -0.2) is 0 Å². The highest BCUT2D eigenvalue weighted by Crippen LogP contribution is 2.12. The van der Waals surface area contributed by atoms with Crippen LogP contribution in [0.3, 0.4) is 0 Å². The first kappa shape index (κ1) is 7.48. The Hall–Kier alpha value is -0.630. The number of hydrogen-bond acceptors (Lipinski definition) is 2. The summed E-state index contributed by atoms with van der Waals surface area (Å²) < 4.78 is 0. The van der Waals surface area contributed by atoms with Crippen LogP contribution in [0, 0.1) is 6.92 Å². The smallest absolute Gasteiger partial charge is 0.0581 e. The van der Waals surface area contributed by atoms with E-state index in [0.29, 0.717) is 5.88 Å². The number of aryl methyl sites for hydroxylation is 1. The van der Waals surface area contributed by atoms with Crippen molar-refractivity contribution in [3.8, 4) is 0 Å². The number of anilines is 1. The van der Waals surface area contributed by atoms with E-state index in [-0.39, 0.29) is 0 Å². The fourth-order valence-electron chi connectivity index (χ4n) is 0.856. The van der Waals surface area contributed by atoms with Crippen molar-refractivity contribution in [2.45, 2.75) is 6.92 Å². The van der Waals surface area contributed by atoms with Crippen LogP contribution in [0.2, 0.25) is 0 Å². The minimum atomic E-state index is 0.685. The van der Waals surface area contributed by atoms with Gasteiger partial charge in [0.1, 0.15) is 0 Å². The maximum Gasteiger partial charge on any atom is 0.0581 e. The summed E-state index contributed by atoms with van der Waals surface area (Å²) in [6.45, 7) is 2.08. The second-order valence-corrected chi connectivity index (χ2v) is 2.47. The molecule has 1 aromatic carbocycles. The van der Waals surface area contributed by atoms with Gasteiger partial charge < -0.3 is 5.32 Å². The molecule has 2 heteroatoms. The van der Waals surface area contributed by atoms with Crippen molar-refractivity contribution < 1.29 is 0 Å². The summed E-state index contributed by atoms with van der Waals surface area (Å²) in [4.78, 5) is 0. The normalized spacial score (nSPS) is 9.40. The Labute approximate surface area is 66.9 Å². The van der Waals surface area contributed by atoms with Crippen LogP contribution in [0.25, 0.3) is 0 Å². The lowest BCUT2D eigenvalue weighted by Crippen LogP contribution is -1.95. The molecule has 0 radical (unpaired) electrons. The number of para-hydroxylation sites is 1. The average Bonchev–Trinajstić information content (AvgIpc) is 1.94. The Kier molecular flexibility index (Phi) is 2.63. The van der Waals surface area contributed by atoms with E-state index in [4.69, 9.17) is 0 Å².